The van der Waals surface area contributed by atoms with E-state index < -0.39 is 0 Å². The molecule has 0 bridgehead atoms. The van der Waals surface area contributed by atoms with Crippen LogP contribution < -0.4 is 0 Å². The summed E-state index contributed by atoms with van der Waals surface area (Å²) in [7, 11) is 1.77. The van der Waals surface area contributed by atoms with Gasteiger partial charge in [0.1, 0.15) is 0 Å². The molecule has 0 rings (SSSR count). The van der Waals surface area contributed by atoms with Gasteiger partial charge in [-0.05, 0) is 21.2 Å². The molecule has 0 unspecified atom stereocenters. The fourth-order valence-electron chi connectivity index (χ4n) is 0.760. The van der Waals surface area contributed by atoms with Crippen LogP contribution in [0.3, 0.4) is 0 Å². The minimum atomic E-state index is 1.27. The molecule has 2 heteroatoms. The Kier molecular flexibility index (Phi) is 9.64. The molecule has 0 heterocycles. The topological polar surface area (TPSA) is 0 Å². The summed E-state index contributed by atoms with van der Waals surface area (Å²) in [5.74, 6) is 1.27. The van der Waals surface area contributed by atoms with Gasteiger partial charge in [-0.2, -0.15) is 0 Å². The van der Waals surface area contributed by atoms with Crippen molar-refractivity contribution in [1.29, 1.82) is 0 Å². The Bertz CT molecular complexity index is 42.2. The predicted molar refractivity (Wildman–Crippen MR) is 50.1 cm³/mol. The van der Waals surface area contributed by atoms with Crippen LogP contribution in [-0.4, -0.2) is 5.75 Å². The van der Waals surface area contributed by atoms with Crippen LogP contribution in [0.4, 0.5) is 0 Å². The first-order valence-corrected chi connectivity index (χ1v) is 6.48. The van der Waals surface area contributed by atoms with Crippen LogP contribution in [-0.2, 0) is 0 Å². The molecule has 0 amide bonds. The SMILES string of the molecule is CCCCCCCSBr. The van der Waals surface area contributed by atoms with Crippen molar-refractivity contribution in [2.45, 2.75) is 39.0 Å². The minimum Gasteiger partial charge on any atom is -0.0836 e. The highest BCUT2D eigenvalue weighted by atomic mass is 79.9. The average molecular weight is 211 g/mol. The Hall–Kier alpha value is 0.830. The number of hydrogen-bond donors (Lipinski definition) is 0. The molecule has 56 valence electrons. The fraction of sp³-hybridized carbons (Fsp3) is 1.00. The standard InChI is InChI=1S/C7H15BrS/c1-2-3-4-5-6-7-9-8/h2-7H2,1H3. The molecule has 0 aliphatic carbocycles. The lowest BCUT2D eigenvalue weighted by atomic mass is 10.2. The van der Waals surface area contributed by atoms with Gasteiger partial charge in [0, 0.05) is 5.75 Å². The van der Waals surface area contributed by atoms with Gasteiger partial charge in [0.25, 0.3) is 0 Å². The van der Waals surface area contributed by atoms with Crippen LogP contribution in [0, 0.1) is 0 Å². The van der Waals surface area contributed by atoms with Gasteiger partial charge in [-0.25, -0.2) is 0 Å². The Morgan fingerprint density at radius 3 is 2.33 bits per heavy atom. The molecule has 0 saturated heterocycles. The Labute approximate surface area is 70.0 Å². The predicted octanol–water partition coefficient (Wildman–Crippen LogP) is 4.00. The van der Waals surface area contributed by atoms with Crippen LogP contribution in [0.15, 0.2) is 0 Å². The average Bonchev–Trinajstić information content (AvgIpc) is 1.89. The van der Waals surface area contributed by atoms with Crippen molar-refractivity contribution < 1.29 is 0 Å². The van der Waals surface area contributed by atoms with Crippen LogP contribution in [0.1, 0.15) is 39.0 Å². The second-order valence-corrected chi connectivity index (χ2v) is 4.23. The number of hydrogen-bond acceptors (Lipinski definition) is 1. The first-order valence-electron chi connectivity index (χ1n) is 3.65. The van der Waals surface area contributed by atoms with Crippen LogP contribution in [0.5, 0.6) is 0 Å². The van der Waals surface area contributed by atoms with Crippen LogP contribution in [0.25, 0.3) is 0 Å². The summed E-state index contributed by atoms with van der Waals surface area (Å²) in [5, 5.41) is 0. The van der Waals surface area contributed by atoms with E-state index in [4.69, 9.17) is 0 Å². The van der Waals surface area contributed by atoms with Crippen molar-refractivity contribution in [1.82, 2.24) is 0 Å². The molecule has 0 N–H and O–H groups in total. The van der Waals surface area contributed by atoms with Gasteiger partial charge in [-0.15, -0.1) is 0 Å². The monoisotopic (exact) mass is 210 g/mol. The van der Waals surface area contributed by atoms with Gasteiger partial charge in [-0.1, -0.05) is 42.8 Å². The van der Waals surface area contributed by atoms with E-state index in [1.807, 2.05) is 0 Å². The second kappa shape index (κ2) is 8.83. The zero-order chi connectivity index (χ0) is 6.95. The van der Waals surface area contributed by atoms with Gasteiger partial charge in [-0.3, -0.25) is 0 Å². The molecule has 0 spiro atoms. The Balaban J connectivity index is 2.60. The van der Waals surface area contributed by atoms with E-state index in [-0.39, 0.29) is 0 Å². The minimum absolute atomic E-state index is 1.27. The molecule has 0 aromatic heterocycles. The zero-order valence-electron chi connectivity index (χ0n) is 6.03. The number of rotatable bonds is 6. The lowest BCUT2D eigenvalue weighted by Crippen LogP contribution is -1.78. The van der Waals surface area contributed by atoms with Crippen molar-refractivity contribution in [2.24, 2.45) is 0 Å². The van der Waals surface area contributed by atoms with E-state index in [0.717, 1.165) is 0 Å². The van der Waals surface area contributed by atoms with Crippen LogP contribution >= 0.6 is 25.0 Å². The quantitative estimate of drug-likeness (QED) is 0.598. The Morgan fingerprint density at radius 2 is 1.78 bits per heavy atom. The molecule has 0 aliphatic heterocycles. The highest BCUT2D eigenvalue weighted by molar-refractivity contribution is 9.50. The molecule has 0 fully saturated rings. The van der Waals surface area contributed by atoms with Gasteiger partial charge in [0.05, 0.1) is 0 Å². The van der Waals surface area contributed by atoms with E-state index in [9.17, 15) is 0 Å². The largest absolute Gasteiger partial charge is 0.0836 e. The van der Waals surface area contributed by atoms with E-state index in [1.165, 1.54) is 37.9 Å². The molecule has 0 saturated carbocycles. The molecule has 0 aromatic carbocycles. The maximum absolute atomic E-state index is 3.34. The van der Waals surface area contributed by atoms with Gasteiger partial charge < -0.3 is 0 Å². The molecule has 9 heavy (non-hydrogen) atoms. The van der Waals surface area contributed by atoms with E-state index in [0.29, 0.717) is 0 Å². The third-order valence-corrected chi connectivity index (χ3v) is 2.74. The normalized spacial score (nSPS) is 10.0. The van der Waals surface area contributed by atoms with Crippen molar-refractivity contribution in [3.05, 3.63) is 0 Å². The summed E-state index contributed by atoms with van der Waals surface area (Å²) in [4.78, 5) is 0. The molecule has 0 aromatic rings. The van der Waals surface area contributed by atoms with Crippen molar-refractivity contribution in [2.75, 3.05) is 5.75 Å². The molecule has 0 atom stereocenters. The highest BCUT2D eigenvalue weighted by Crippen LogP contribution is 2.13. The van der Waals surface area contributed by atoms with Gasteiger partial charge >= 0.3 is 0 Å². The maximum atomic E-state index is 3.34. The van der Waals surface area contributed by atoms with Crippen LogP contribution in [0.2, 0.25) is 0 Å². The molecule has 0 aliphatic rings. The first-order chi connectivity index (χ1) is 4.41. The van der Waals surface area contributed by atoms with Crippen molar-refractivity contribution in [3.8, 4) is 0 Å². The zero-order valence-corrected chi connectivity index (χ0v) is 8.43. The summed E-state index contributed by atoms with van der Waals surface area (Å²) in [5.41, 5.74) is 0. The van der Waals surface area contributed by atoms with Gasteiger partial charge in [0.2, 0.25) is 0 Å². The van der Waals surface area contributed by atoms with Gasteiger partial charge in [0.15, 0.2) is 0 Å². The third-order valence-electron chi connectivity index (χ3n) is 1.33. The lowest BCUT2D eigenvalue weighted by Gasteiger charge is -1.95. The molecular weight excluding hydrogens is 196 g/mol. The molecular formula is C7H15BrS. The second-order valence-electron chi connectivity index (χ2n) is 2.23. The highest BCUT2D eigenvalue weighted by Gasteiger charge is 1.86. The van der Waals surface area contributed by atoms with E-state index in [2.05, 4.69) is 21.7 Å². The third kappa shape index (κ3) is 8.83. The first kappa shape index (κ1) is 9.83. The summed E-state index contributed by atoms with van der Waals surface area (Å²) in [6.07, 6.45) is 6.96. The number of halogens is 1. The fourth-order valence-corrected chi connectivity index (χ4v) is 1.76. The molecule has 0 nitrogen and oxygen atoms in total. The van der Waals surface area contributed by atoms with E-state index >= 15 is 0 Å². The smallest absolute Gasteiger partial charge is 0.00425 e. The number of unbranched alkanes of at least 4 members (excludes halogenated alkanes) is 4. The lowest BCUT2D eigenvalue weighted by molar-refractivity contribution is 0.660. The molecule has 0 radical (unpaired) electrons. The maximum Gasteiger partial charge on any atom is 0.00425 e. The summed E-state index contributed by atoms with van der Waals surface area (Å²) < 4.78 is 0. The van der Waals surface area contributed by atoms with Crippen molar-refractivity contribution >= 4 is 25.0 Å². The Morgan fingerprint density at radius 1 is 1.11 bits per heavy atom. The summed E-state index contributed by atoms with van der Waals surface area (Å²) in [6.45, 7) is 2.25. The van der Waals surface area contributed by atoms with Crippen molar-refractivity contribution in [3.63, 3.8) is 0 Å². The van der Waals surface area contributed by atoms with E-state index in [1.54, 1.807) is 10.2 Å². The summed E-state index contributed by atoms with van der Waals surface area (Å²) in [6, 6.07) is 0. The summed E-state index contributed by atoms with van der Waals surface area (Å²) >= 11 is 3.34.